The van der Waals surface area contributed by atoms with E-state index in [1.165, 1.54) is 0 Å². The number of guanidine groups is 1. The molecule has 3 aromatic rings. The monoisotopic (exact) mass is 533 g/mol. The Bertz CT molecular complexity index is 964. The van der Waals surface area contributed by atoms with Crippen LogP contribution in [0.25, 0.3) is 5.82 Å². The van der Waals surface area contributed by atoms with Crippen LogP contribution in [0.5, 0.6) is 0 Å². The number of pyridine rings is 1. The van der Waals surface area contributed by atoms with Crippen LogP contribution < -0.4 is 10.2 Å². The molecule has 0 aliphatic carbocycles. The lowest BCUT2D eigenvalue weighted by atomic mass is 10.3. The number of nitrogens with zero attached hydrogens (tertiary/aromatic N) is 8. The zero-order valence-electron chi connectivity index (χ0n) is 17.8. The van der Waals surface area contributed by atoms with E-state index in [0.29, 0.717) is 6.54 Å². The highest BCUT2D eigenvalue weighted by Gasteiger charge is 2.21. The summed E-state index contributed by atoms with van der Waals surface area (Å²) in [6.45, 7) is 8.96. The van der Waals surface area contributed by atoms with E-state index in [9.17, 15) is 0 Å². The van der Waals surface area contributed by atoms with Crippen LogP contribution in [0, 0.1) is 6.92 Å². The summed E-state index contributed by atoms with van der Waals surface area (Å²) in [6.07, 6.45) is 9.15. The van der Waals surface area contributed by atoms with E-state index in [1.54, 1.807) is 18.6 Å². The van der Waals surface area contributed by atoms with E-state index in [0.717, 1.165) is 61.8 Å². The first-order chi connectivity index (χ1) is 14.7. The molecule has 1 fully saturated rings. The lowest BCUT2D eigenvalue weighted by Gasteiger charge is -2.36. The van der Waals surface area contributed by atoms with Crippen molar-refractivity contribution in [1.82, 2.24) is 34.7 Å². The van der Waals surface area contributed by atoms with E-state index in [1.807, 2.05) is 36.0 Å². The summed E-state index contributed by atoms with van der Waals surface area (Å²) in [6, 6.07) is 5.91. The first kappa shape index (κ1) is 22.9. The fraction of sp³-hybridized carbons (Fsp3) is 0.381. The predicted molar refractivity (Wildman–Crippen MR) is 132 cm³/mol. The van der Waals surface area contributed by atoms with Crippen molar-refractivity contribution < 1.29 is 0 Å². The molecule has 0 spiro atoms. The summed E-state index contributed by atoms with van der Waals surface area (Å²) in [5.41, 5.74) is 1.07. The van der Waals surface area contributed by atoms with Crippen LogP contribution >= 0.6 is 24.0 Å². The average Bonchev–Trinajstić information content (AvgIpc) is 3.23. The number of piperazine rings is 1. The first-order valence-corrected chi connectivity index (χ1v) is 10.2. The number of aromatic nitrogens is 5. The van der Waals surface area contributed by atoms with Gasteiger partial charge in [-0.15, -0.1) is 24.0 Å². The molecule has 3 aromatic heterocycles. The molecule has 10 heteroatoms. The Morgan fingerprint density at radius 2 is 1.81 bits per heavy atom. The van der Waals surface area contributed by atoms with E-state index < -0.39 is 0 Å². The van der Waals surface area contributed by atoms with Gasteiger partial charge in [0, 0.05) is 63.7 Å². The molecule has 1 aliphatic rings. The summed E-state index contributed by atoms with van der Waals surface area (Å²) >= 11 is 0. The number of halogens is 1. The summed E-state index contributed by atoms with van der Waals surface area (Å²) in [5, 5.41) is 3.41. The SMILES string of the molecule is CCNC(=NCc1ccc(-n2ccnc2C)nc1)N1CCN(c2ncccn2)CC1.I. The van der Waals surface area contributed by atoms with E-state index in [4.69, 9.17) is 4.99 Å². The highest BCUT2D eigenvalue weighted by atomic mass is 127. The molecular formula is C21H28IN9. The van der Waals surface area contributed by atoms with Crippen molar-refractivity contribution in [2.75, 3.05) is 37.6 Å². The maximum atomic E-state index is 4.84. The second-order valence-corrected chi connectivity index (χ2v) is 7.06. The van der Waals surface area contributed by atoms with Crippen LogP contribution in [0.2, 0.25) is 0 Å². The van der Waals surface area contributed by atoms with Crippen molar-refractivity contribution in [1.29, 1.82) is 0 Å². The number of hydrogen-bond donors (Lipinski definition) is 1. The largest absolute Gasteiger partial charge is 0.357 e. The Kier molecular flexibility index (Phi) is 8.15. The molecule has 4 heterocycles. The van der Waals surface area contributed by atoms with Gasteiger partial charge in [-0.2, -0.15) is 0 Å². The quantitative estimate of drug-likeness (QED) is 0.306. The zero-order valence-corrected chi connectivity index (χ0v) is 20.2. The molecule has 4 rings (SSSR count). The maximum absolute atomic E-state index is 4.84. The molecule has 164 valence electrons. The Labute approximate surface area is 199 Å². The van der Waals surface area contributed by atoms with Crippen molar-refractivity contribution >= 4 is 35.9 Å². The minimum atomic E-state index is 0. The minimum absolute atomic E-state index is 0. The van der Waals surface area contributed by atoms with Gasteiger partial charge in [0.15, 0.2) is 5.96 Å². The van der Waals surface area contributed by atoms with E-state index >= 15 is 0 Å². The lowest BCUT2D eigenvalue weighted by molar-refractivity contribution is 0.370. The molecule has 9 nitrogen and oxygen atoms in total. The van der Waals surface area contributed by atoms with Gasteiger partial charge in [-0.3, -0.25) is 4.57 Å². The van der Waals surface area contributed by atoms with Crippen molar-refractivity contribution in [2.24, 2.45) is 4.99 Å². The van der Waals surface area contributed by atoms with E-state index in [-0.39, 0.29) is 24.0 Å². The van der Waals surface area contributed by atoms with Crippen molar-refractivity contribution in [2.45, 2.75) is 20.4 Å². The lowest BCUT2D eigenvalue weighted by Crippen LogP contribution is -2.52. The summed E-state index contributed by atoms with van der Waals surface area (Å²) < 4.78 is 1.97. The number of aryl methyl sites for hydroxylation is 1. The van der Waals surface area contributed by atoms with Crippen LogP contribution in [0.15, 0.2) is 54.2 Å². The third-order valence-electron chi connectivity index (χ3n) is 5.04. The molecule has 0 saturated carbocycles. The summed E-state index contributed by atoms with van der Waals surface area (Å²) in [4.78, 5) is 26.9. The number of anilines is 1. The second kappa shape index (κ2) is 11.0. The maximum Gasteiger partial charge on any atom is 0.225 e. The number of hydrogen-bond acceptors (Lipinski definition) is 6. The highest BCUT2D eigenvalue weighted by molar-refractivity contribution is 14.0. The van der Waals surface area contributed by atoms with Crippen molar-refractivity contribution in [3.8, 4) is 5.82 Å². The number of rotatable bonds is 5. The smallest absolute Gasteiger partial charge is 0.225 e. The van der Waals surface area contributed by atoms with Gasteiger partial charge in [0.25, 0.3) is 0 Å². The van der Waals surface area contributed by atoms with Gasteiger partial charge in [-0.05, 0) is 31.5 Å². The minimum Gasteiger partial charge on any atom is -0.357 e. The highest BCUT2D eigenvalue weighted by Crippen LogP contribution is 2.11. The molecular weight excluding hydrogens is 505 g/mol. The van der Waals surface area contributed by atoms with Crippen LogP contribution in [0.4, 0.5) is 5.95 Å². The standard InChI is InChI=1S/C21H27N9.HI/c1-3-22-20(28-11-13-29(14-12-28)21-24-7-4-8-25-21)27-16-18-5-6-19(26-15-18)30-10-9-23-17(30)2;/h4-10,15H,3,11-14,16H2,1-2H3,(H,22,27);1H. The molecule has 0 radical (unpaired) electrons. The van der Waals surface area contributed by atoms with Gasteiger partial charge in [0.05, 0.1) is 6.54 Å². The average molecular weight is 533 g/mol. The molecule has 0 aromatic carbocycles. The predicted octanol–water partition coefficient (Wildman–Crippen LogP) is 2.27. The van der Waals surface area contributed by atoms with Crippen LogP contribution in [-0.4, -0.2) is 68.1 Å². The molecule has 1 saturated heterocycles. The van der Waals surface area contributed by atoms with Gasteiger partial charge in [0.2, 0.25) is 5.95 Å². The van der Waals surface area contributed by atoms with Crippen molar-refractivity contribution in [3.05, 3.63) is 60.6 Å². The number of imidazole rings is 1. The summed E-state index contributed by atoms with van der Waals surface area (Å²) in [5.74, 6) is 3.51. The second-order valence-electron chi connectivity index (χ2n) is 7.06. The van der Waals surface area contributed by atoms with Gasteiger partial charge in [0.1, 0.15) is 11.6 Å². The molecule has 31 heavy (non-hydrogen) atoms. The number of nitrogens with one attached hydrogen (secondary N) is 1. The first-order valence-electron chi connectivity index (χ1n) is 10.2. The van der Waals surface area contributed by atoms with Gasteiger partial charge in [-0.1, -0.05) is 6.07 Å². The molecule has 0 bridgehead atoms. The van der Waals surface area contributed by atoms with Gasteiger partial charge >= 0.3 is 0 Å². The third-order valence-corrected chi connectivity index (χ3v) is 5.04. The topological polar surface area (TPSA) is 87.4 Å². The number of aliphatic imine (C=N–C) groups is 1. The third kappa shape index (κ3) is 5.69. The molecule has 1 N–H and O–H groups in total. The normalized spacial score (nSPS) is 14.3. The fourth-order valence-electron chi connectivity index (χ4n) is 3.44. The molecule has 0 amide bonds. The van der Waals surface area contributed by atoms with Gasteiger partial charge < -0.3 is 15.1 Å². The van der Waals surface area contributed by atoms with Gasteiger partial charge in [-0.25, -0.2) is 24.9 Å². The Hall–Kier alpha value is -2.76. The Morgan fingerprint density at radius 1 is 1.03 bits per heavy atom. The van der Waals surface area contributed by atoms with Crippen LogP contribution in [0.1, 0.15) is 18.3 Å². The summed E-state index contributed by atoms with van der Waals surface area (Å²) in [7, 11) is 0. The van der Waals surface area contributed by atoms with Crippen LogP contribution in [0.3, 0.4) is 0 Å². The molecule has 0 atom stereocenters. The van der Waals surface area contributed by atoms with Crippen LogP contribution in [-0.2, 0) is 6.54 Å². The van der Waals surface area contributed by atoms with E-state index in [2.05, 4.69) is 48.0 Å². The fourth-order valence-corrected chi connectivity index (χ4v) is 3.44. The zero-order chi connectivity index (χ0) is 20.8. The molecule has 0 unspecified atom stereocenters. The van der Waals surface area contributed by atoms with Crippen molar-refractivity contribution in [3.63, 3.8) is 0 Å². The molecule has 1 aliphatic heterocycles. The Balaban J connectivity index is 0.00000272. The Morgan fingerprint density at radius 3 is 2.42 bits per heavy atom.